The second-order valence-corrected chi connectivity index (χ2v) is 7.71. The first kappa shape index (κ1) is 18.1. The van der Waals surface area contributed by atoms with E-state index in [1.54, 1.807) is 12.1 Å². The van der Waals surface area contributed by atoms with Crippen LogP contribution in [0.5, 0.6) is 0 Å². The maximum Gasteiger partial charge on any atom is 0.269 e. The fourth-order valence-corrected chi connectivity index (χ4v) is 4.53. The van der Waals surface area contributed by atoms with E-state index in [-0.39, 0.29) is 23.7 Å². The Labute approximate surface area is 149 Å². The van der Waals surface area contributed by atoms with Gasteiger partial charge < -0.3 is 9.73 Å². The summed E-state index contributed by atoms with van der Waals surface area (Å²) < 4.78 is 31.9. The Balaban J connectivity index is 1.75. The van der Waals surface area contributed by atoms with E-state index in [2.05, 4.69) is 5.32 Å². The van der Waals surface area contributed by atoms with Crippen molar-refractivity contribution in [2.24, 2.45) is 0 Å². The Hall–Kier alpha value is -2.72. The second-order valence-electron chi connectivity index (χ2n) is 5.82. The highest BCUT2D eigenvalue weighted by Crippen LogP contribution is 2.27. The summed E-state index contributed by atoms with van der Waals surface area (Å²) in [6, 6.07) is 7.23. The van der Waals surface area contributed by atoms with Crippen molar-refractivity contribution in [1.82, 2.24) is 9.62 Å². The summed E-state index contributed by atoms with van der Waals surface area (Å²) in [6.07, 6.45) is 2.46. The average Bonchev–Trinajstić information content (AvgIpc) is 3.31. The lowest BCUT2D eigenvalue weighted by molar-refractivity contribution is -0.384. The van der Waals surface area contributed by atoms with Gasteiger partial charge in [0, 0.05) is 18.7 Å². The Bertz CT molecular complexity index is 893. The summed E-state index contributed by atoms with van der Waals surface area (Å²) in [5, 5.41) is 13.4. The summed E-state index contributed by atoms with van der Waals surface area (Å²) in [5.74, 6) is 0.172. The minimum absolute atomic E-state index is 0.0752. The number of benzene rings is 1. The zero-order valence-corrected chi connectivity index (χ0v) is 14.5. The lowest BCUT2D eigenvalue weighted by Crippen LogP contribution is -2.45. The zero-order valence-electron chi connectivity index (χ0n) is 13.7. The summed E-state index contributed by atoms with van der Waals surface area (Å²) in [7, 11) is -3.92. The van der Waals surface area contributed by atoms with Crippen molar-refractivity contribution in [3.05, 3.63) is 58.5 Å². The lowest BCUT2D eigenvalue weighted by Gasteiger charge is -2.23. The van der Waals surface area contributed by atoms with Gasteiger partial charge in [-0.15, -0.1) is 0 Å². The molecule has 1 amide bonds. The van der Waals surface area contributed by atoms with Gasteiger partial charge in [0.1, 0.15) is 11.8 Å². The molecule has 1 aromatic carbocycles. The van der Waals surface area contributed by atoms with Crippen LogP contribution in [0.3, 0.4) is 0 Å². The van der Waals surface area contributed by atoms with Gasteiger partial charge in [-0.2, -0.15) is 4.31 Å². The third-order valence-electron chi connectivity index (χ3n) is 4.18. The number of carbonyl (C=O) groups is 1. The van der Waals surface area contributed by atoms with E-state index in [1.807, 2.05) is 0 Å². The molecular formula is C16H17N3O6S. The van der Waals surface area contributed by atoms with Gasteiger partial charge in [0.05, 0.1) is 22.6 Å². The molecule has 1 N–H and O–H groups in total. The van der Waals surface area contributed by atoms with Crippen LogP contribution in [-0.2, 0) is 21.4 Å². The molecule has 9 nitrogen and oxygen atoms in total. The Morgan fingerprint density at radius 3 is 2.65 bits per heavy atom. The van der Waals surface area contributed by atoms with Crippen molar-refractivity contribution >= 4 is 21.6 Å². The van der Waals surface area contributed by atoms with Gasteiger partial charge in [0.25, 0.3) is 5.69 Å². The summed E-state index contributed by atoms with van der Waals surface area (Å²) in [4.78, 5) is 22.5. The predicted molar refractivity (Wildman–Crippen MR) is 90.6 cm³/mol. The van der Waals surface area contributed by atoms with Crippen molar-refractivity contribution in [2.75, 3.05) is 6.54 Å². The number of non-ortho nitro benzene ring substituents is 1. The molecule has 1 fully saturated rings. The number of nitro groups is 1. The van der Waals surface area contributed by atoms with Crippen molar-refractivity contribution in [3.63, 3.8) is 0 Å². The monoisotopic (exact) mass is 379 g/mol. The highest BCUT2D eigenvalue weighted by molar-refractivity contribution is 7.89. The van der Waals surface area contributed by atoms with Gasteiger partial charge in [0.15, 0.2) is 0 Å². The fourth-order valence-electron chi connectivity index (χ4n) is 2.87. The van der Waals surface area contributed by atoms with Crippen molar-refractivity contribution in [3.8, 4) is 0 Å². The van der Waals surface area contributed by atoms with Crippen LogP contribution < -0.4 is 5.32 Å². The van der Waals surface area contributed by atoms with E-state index in [4.69, 9.17) is 4.42 Å². The van der Waals surface area contributed by atoms with E-state index in [0.29, 0.717) is 18.6 Å². The van der Waals surface area contributed by atoms with Crippen LogP contribution in [0.2, 0.25) is 0 Å². The molecule has 3 rings (SSSR count). The number of amides is 1. The highest BCUT2D eigenvalue weighted by Gasteiger charge is 2.39. The molecule has 1 aliphatic rings. The normalized spacial score (nSPS) is 17.9. The Kier molecular flexibility index (Phi) is 5.05. The Morgan fingerprint density at radius 2 is 2.04 bits per heavy atom. The average molecular weight is 379 g/mol. The standard InChI is InChI=1S/C16H17N3O6S/c20-16(17-11-13-3-2-10-25-13)15-4-1-9-18(15)26(23,24)14-7-5-12(6-8-14)19(21)22/h2-3,5-8,10,15H,1,4,9,11H2,(H,17,20). The maximum absolute atomic E-state index is 12.8. The van der Waals surface area contributed by atoms with E-state index >= 15 is 0 Å². The summed E-state index contributed by atoms with van der Waals surface area (Å²) in [6.45, 7) is 0.395. The zero-order chi connectivity index (χ0) is 18.7. The molecule has 0 spiro atoms. The molecule has 0 radical (unpaired) electrons. The van der Waals surface area contributed by atoms with Gasteiger partial charge in [-0.25, -0.2) is 8.42 Å². The minimum atomic E-state index is -3.92. The van der Waals surface area contributed by atoms with E-state index in [0.717, 1.165) is 16.4 Å². The van der Waals surface area contributed by atoms with Crippen LogP contribution in [0.4, 0.5) is 5.69 Å². The third kappa shape index (κ3) is 3.60. The van der Waals surface area contributed by atoms with E-state index < -0.39 is 26.9 Å². The highest BCUT2D eigenvalue weighted by atomic mass is 32.2. The quantitative estimate of drug-likeness (QED) is 0.601. The third-order valence-corrected chi connectivity index (χ3v) is 6.10. The number of nitrogens with zero attached hydrogens (tertiary/aromatic N) is 2. The lowest BCUT2D eigenvalue weighted by atomic mass is 10.2. The molecule has 1 atom stereocenters. The first-order valence-electron chi connectivity index (χ1n) is 7.96. The number of nitrogens with one attached hydrogen (secondary N) is 1. The van der Waals surface area contributed by atoms with Gasteiger partial charge in [-0.3, -0.25) is 14.9 Å². The van der Waals surface area contributed by atoms with Crippen molar-refractivity contribution in [2.45, 2.75) is 30.3 Å². The topological polar surface area (TPSA) is 123 Å². The van der Waals surface area contributed by atoms with Crippen LogP contribution in [0.1, 0.15) is 18.6 Å². The van der Waals surface area contributed by atoms with E-state index in [9.17, 15) is 23.3 Å². The molecular weight excluding hydrogens is 362 g/mol. The number of rotatable bonds is 6. The molecule has 0 saturated carbocycles. The first-order chi connectivity index (χ1) is 12.4. The number of nitro benzene ring substituents is 1. The predicted octanol–water partition coefficient (Wildman–Crippen LogP) is 1.66. The molecule has 138 valence electrons. The molecule has 1 unspecified atom stereocenters. The molecule has 1 saturated heterocycles. The van der Waals surface area contributed by atoms with Crippen LogP contribution in [-0.4, -0.2) is 36.1 Å². The number of sulfonamides is 1. The first-order valence-corrected chi connectivity index (χ1v) is 9.40. The van der Waals surface area contributed by atoms with Gasteiger partial charge in [-0.1, -0.05) is 0 Å². The molecule has 0 aliphatic carbocycles. The molecule has 2 aromatic rings. The Morgan fingerprint density at radius 1 is 1.31 bits per heavy atom. The van der Waals surface area contributed by atoms with E-state index in [1.165, 1.54) is 18.4 Å². The van der Waals surface area contributed by atoms with Gasteiger partial charge in [0.2, 0.25) is 15.9 Å². The van der Waals surface area contributed by atoms with Crippen LogP contribution in [0.25, 0.3) is 0 Å². The van der Waals surface area contributed by atoms with Crippen molar-refractivity contribution < 1.29 is 22.6 Å². The molecule has 10 heteroatoms. The number of hydrogen-bond acceptors (Lipinski definition) is 6. The maximum atomic E-state index is 12.8. The number of furan rings is 1. The molecule has 26 heavy (non-hydrogen) atoms. The molecule has 2 heterocycles. The number of hydrogen-bond donors (Lipinski definition) is 1. The smallest absolute Gasteiger partial charge is 0.269 e. The summed E-state index contributed by atoms with van der Waals surface area (Å²) in [5.41, 5.74) is -0.196. The van der Waals surface area contributed by atoms with Crippen molar-refractivity contribution in [1.29, 1.82) is 0 Å². The molecule has 1 aromatic heterocycles. The SMILES string of the molecule is O=C(NCc1ccco1)C1CCCN1S(=O)(=O)c1ccc([N+](=O)[O-])cc1. The minimum Gasteiger partial charge on any atom is -0.467 e. The van der Waals surface area contributed by atoms with Crippen LogP contribution >= 0.6 is 0 Å². The van der Waals surface area contributed by atoms with Crippen LogP contribution in [0, 0.1) is 10.1 Å². The van der Waals surface area contributed by atoms with Crippen LogP contribution in [0.15, 0.2) is 52.0 Å². The fraction of sp³-hybridized carbons (Fsp3) is 0.312. The van der Waals surface area contributed by atoms with Gasteiger partial charge >= 0.3 is 0 Å². The summed E-state index contributed by atoms with van der Waals surface area (Å²) >= 11 is 0. The second kappa shape index (κ2) is 7.26. The molecule has 1 aliphatic heterocycles. The largest absolute Gasteiger partial charge is 0.467 e. The van der Waals surface area contributed by atoms with Gasteiger partial charge in [-0.05, 0) is 37.1 Å². The molecule has 0 bridgehead atoms. The number of carbonyl (C=O) groups excluding carboxylic acids is 1.